The first-order valence-corrected chi connectivity index (χ1v) is 10.4. The van der Waals surface area contributed by atoms with Crippen LogP contribution in [-0.2, 0) is 14.3 Å². The predicted octanol–water partition coefficient (Wildman–Crippen LogP) is 2.35. The molecule has 2 aliphatic heterocycles. The van der Waals surface area contributed by atoms with Crippen LogP contribution < -0.4 is 0 Å². The summed E-state index contributed by atoms with van der Waals surface area (Å²) in [4.78, 5) is 40.3. The number of benzene rings is 2. The van der Waals surface area contributed by atoms with E-state index in [-0.39, 0.29) is 23.6 Å². The molecule has 2 fully saturated rings. The number of likely N-dealkylation sites (tertiary alicyclic amines) is 1. The molecule has 9 heteroatoms. The summed E-state index contributed by atoms with van der Waals surface area (Å²) >= 11 is 0. The Kier molecular flexibility index (Phi) is 6.29. The normalized spacial score (nSPS) is 21.1. The minimum Gasteiger partial charge on any atom is -0.507 e. The summed E-state index contributed by atoms with van der Waals surface area (Å²) in [6.45, 7) is 3.39. The molecule has 2 aromatic rings. The maximum atomic E-state index is 13.0. The monoisotopic (exact) mass is 437 g/mol. The van der Waals surface area contributed by atoms with Gasteiger partial charge in [-0.05, 0) is 5.56 Å². The highest BCUT2D eigenvalue weighted by molar-refractivity contribution is 6.46. The number of carbonyl (C=O) groups excluding carboxylic acids is 2. The molecule has 2 aromatic carbocycles. The number of rotatable bonds is 6. The summed E-state index contributed by atoms with van der Waals surface area (Å²) in [5.74, 6) is -1.83. The molecule has 32 heavy (non-hydrogen) atoms. The summed E-state index contributed by atoms with van der Waals surface area (Å²) in [7, 11) is 0. The number of morpholine rings is 1. The number of hydrogen-bond acceptors (Lipinski definition) is 7. The van der Waals surface area contributed by atoms with Crippen molar-refractivity contribution in [2.24, 2.45) is 0 Å². The Balaban J connectivity index is 1.76. The molecule has 166 valence electrons. The highest BCUT2D eigenvalue weighted by Crippen LogP contribution is 2.40. The number of ketones is 1. The maximum absolute atomic E-state index is 13.0. The SMILES string of the molecule is O=C1C(=O)N(CCN2CCOCC2)[C@H](c2cccc([N+](=O)[O-])c2)/C1=C(\O)c1ccccc1. The number of nitrogens with zero attached hydrogens (tertiary/aromatic N) is 3. The molecule has 1 N–H and O–H groups in total. The number of nitro benzene ring substituents is 1. The fraction of sp³-hybridized carbons (Fsp3) is 0.304. The van der Waals surface area contributed by atoms with Gasteiger partial charge in [0.05, 0.1) is 29.8 Å². The minimum absolute atomic E-state index is 0.0660. The molecule has 0 unspecified atom stereocenters. The Labute approximate surface area is 184 Å². The largest absolute Gasteiger partial charge is 0.507 e. The highest BCUT2D eigenvalue weighted by atomic mass is 16.6. The third-order valence-corrected chi connectivity index (χ3v) is 5.74. The van der Waals surface area contributed by atoms with Crippen LogP contribution in [0.15, 0.2) is 60.2 Å². The molecular formula is C23H23N3O6. The molecule has 0 saturated carbocycles. The van der Waals surface area contributed by atoms with E-state index in [9.17, 15) is 24.8 Å². The summed E-state index contributed by atoms with van der Waals surface area (Å²) in [6.07, 6.45) is 0. The van der Waals surface area contributed by atoms with E-state index in [1.165, 1.54) is 23.1 Å². The Hall–Kier alpha value is -3.56. The van der Waals surface area contributed by atoms with Gasteiger partial charge in [-0.2, -0.15) is 0 Å². The van der Waals surface area contributed by atoms with E-state index in [0.29, 0.717) is 30.9 Å². The summed E-state index contributed by atoms with van der Waals surface area (Å²) in [5.41, 5.74) is 0.580. The van der Waals surface area contributed by atoms with Crippen LogP contribution >= 0.6 is 0 Å². The van der Waals surface area contributed by atoms with Gasteiger partial charge in [-0.1, -0.05) is 42.5 Å². The van der Waals surface area contributed by atoms with Crippen LogP contribution in [0.4, 0.5) is 5.69 Å². The Morgan fingerprint density at radius 1 is 1.06 bits per heavy atom. The molecule has 2 heterocycles. The minimum atomic E-state index is -0.920. The van der Waals surface area contributed by atoms with E-state index in [0.717, 1.165) is 13.1 Å². The van der Waals surface area contributed by atoms with Gasteiger partial charge in [-0.25, -0.2) is 0 Å². The van der Waals surface area contributed by atoms with Crippen molar-refractivity contribution in [2.45, 2.75) is 6.04 Å². The maximum Gasteiger partial charge on any atom is 0.295 e. The van der Waals surface area contributed by atoms with E-state index in [1.807, 2.05) is 0 Å². The lowest BCUT2D eigenvalue weighted by atomic mass is 9.95. The Bertz CT molecular complexity index is 1060. The lowest BCUT2D eigenvalue weighted by Gasteiger charge is -2.31. The van der Waals surface area contributed by atoms with Crippen LogP contribution in [0.1, 0.15) is 17.2 Å². The second-order valence-corrected chi connectivity index (χ2v) is 7.66. The zero-order valence-electron chi connectivity index (χ0n) is 17.3. The van der Waals surface area contributed by atoms with Crippen molar-refractivity contribution >= 4 is 23.1 Å². The number of hydrogen-bond donors (Lipinski definition) is 1. The topological polar surface area (TPSA) is 113 Å². The molecule has 0 spiro atoms. The number of ether oxygens (including phenoxy) is 1. The van der Waals surface area contributed by atoms with Gasteiger partial charge in [-0.3, -0.25) is 24.6 Å². The molecule has 4 rings (SSSR count). The average molecular weight is 437 g/mol. The number of aliphatic hydroxyl groups excluding tert-OH is 1. The summed E-state index contributed by atoms with van der Waals surface area (Å²) in [5, 5.41) is 22.3. The lowest BCUT2D eigenvalue weighted by Crippen LogP contribution is -2.42. The van der Waals surface area contributed by atoms with Crippen molar-refractivity contribution in [3.05, 3.63) is 81.4 Å². The van der Waals surface area contributed by atoms with Gasteiger partial charge in [-0.15, -0.1) is 0 Å². The second-order valence-electron chi connectivity index (χ2n) is 7.66. The third kappa shape index (κ3) is 4.25. The van der Waals surface area contributed by atoms with Crippen LogP contribution in [0.25, 0.3) is 5.76 Å². The molecular weight excluding hydrogens is 414 g/mol. The first-order chi connectivity index (χ1) is 15.5. The molecule has 0 bridgehead atoms. The van der Waals surface area contributed by atoms with E-state index in [2.05, 4.69) is 4.90 Å². The Morgan fingerprint density at radius 3 is 2.47 bits per heavy atom. The lowest BCUT2D eigenvalue weighted by molar-refractivity contribution is -0.384. The van der Waals surface area contributed by atoms with E-state index in [1.54, 1.807) is 36.4 Å². The van der Waals surface area contributed by atoms with Crippen molar-refractivity contribution in [3.8, 4) is 0 Å². The molecule has 2 aliphatic rings. The molecule has 1 atom stereocenters. The van der Waals surface area contributed by atoms with Gasteiger partial charge in [0, 0.05) is 43.9 Å². The van der Waals surface area contributed by atoms with E-state index in [4.69, 9.17) is 4.74 Å². The highest BCUT2D eigenvalue weighted by Gasteiger charge is 2.46. The molecule has 2 saturated heterocycles. The molecule has 9 nitrogen and oxygen atoms in total. The van der Waals surface area contributed by atoms with Crippen LogP contribution in [0.5, 0.6) is 0 Å². The first-order valence-electron chi connectivity index (χ1n) is 10.4. The van der Waals surface area contributed by atoms with Crippen molar-refractivity contribution in [3.63, 3.8) is 0 Å². The Morgan fingerprint density at radius 2 is 1.78 bits per heavy atom. The zero-order chi connectivity index (χ0) is 22.7. The fourth-order valence-electron chi connectivity index (χ4n) is 4.09. The second kappa shape index (κ2) is 9.29. The van der Waals surface area contributed by atoms with Crippen LogP contribution in [-0.4, -0.2) is 70.9 Å². The molecule has 0 aromatic heterocycles. The standard InChI is InChI=1S/C23H23N3O6/c27-21(16-5-2-1-3-6-16)19-20(17-7-4-8-18(15-17)26(30)31)25(23(29)22(19)28)10-9-24-11-13-32-14-12-24/h1-8,15,20,27H,9-14H2/b21-19+/t20-/m1/s1. The zero-order valence-corrected chi connectivity index (χ0v) is 17.3. The quantitative estimate of drug-likeness (QED) is 0.243. The number of non-ortho nitro benzene ring substituents is 1. The van der Waals surface area contributed by atoms with Crippen LogP contribution in [0.2, 0.25) is 0 Å². The van der Waals surface area contributed by atoms with Gasteiger partial charge in [0.2, 0.25) is 0 Å². The number of aliphatic hydroxyl groups is 1. The number of carbonyl (C=O) groups is 2. The predicted molar refractivity (Wildman–Crippen MR) is 116 cm³/mol. The van der Waals surface area contributed by atoms with Crippen LogP contribution in [0.3, 0.4) is 0 Å². The van der Waals surface area contributed by atoms with E-state index >= 15 is 0 Å². The number of Topliss-reactive ketones (excluding diaryl/α,β-unsaturated/α-hetero) is 1. The summed E-state index contributed by atoms with van der Waals surface area (Å²) in [6, 6.07) is 13.4. The van der Waals surface area contributed by atoms with E-state index < -0.39 is 22.7 Å². The van der Waals surface area contributed by atoms with Gasteiger partial charge < -0.3 is 14.7 Å². The van der Waals surface area contributed by atoms with Crippen LogP contribution in [0, 0.1) is 10.1 Å². The third-order valence-electron chi connectivity index (χ3n) is 5.74. The number of amides is 1. The van der Waals surface area contributed by atoms with Crippen molar-refractivity contribution < 1.29 is 24.4 Å². The van der Waals surface area contributed by atoms with Gasteiger partial charge in [0.1, 0.15) is 5.76 Å². The molecule has 0 radical (unpaired) electrons. The smallest absolute Gasteiger partial charge is 0.295 e. The van der Waals surface area contributed by atoms with Crippen molar-refractivity contribution in [2.75, 3.05) is 39.4 Å². The van der Waals surface area contributed by atoms with Gasteiger partial charge >= 0.3 is 0 Å². The summed E-state index contributed by atoms with van der Waals surface area (Å²) < 4.78 is 5.35. The van der Waals surface area contributed by atoms with Crippen molar-refractivity contribution in [1.82, 2.24) is 9.80 Å². The van der Waals surface area contributed by atoms with Crippen molar-refractivity contribution in [1.29, 1.82) is 0 Å². The molecule has 0 aliphatic carbocycles. The van der Waals surface area contributed by atoms with Gasteiger partial charge in [0.15, 0.2) is 0 Å². The number of nitro groups is 1. The molecule has 1 amide bonds. The van der Waals surface area contributed by atoms with Gasteiger partial charge in [0.25, 0.3) is 17.4 Å². The first kappa shape index (κ1) is 21.7. The average Bonchev–Trinajstić information content (AvgIpc) is 3.08. The fourth-order valence-corrected chi connectivity index (χ4v) is 4.09.